The fraction of sp³-hybridized carbons (Fsp3) is 0.400. The molecule has 0 aliphatic rings. The first kappa shape index (κ1) is 13.8. The van der Waals surface area contributed by atoms with Gasteiger partial charge in [0.05, 0.1) is 24.2 Å². The molecule has 2 N–H and O–H groups in total. The van der Waals surface area contributed by atoms with Crippen LogP contribution in [0.15, 0.2) is 6.07 Å². The van der Waals surface area contributed by atoms with Crippen molar-refractivity contribution in [1.82, 2.24) is 4.98 Å². The minimum Gasteiger partial charge on any atom is -0.469 e. The fourth-order valence-electron chi connectivity index (χ4n) is 1.27. The molecule has 4 nitrogen and oxygen atoms in total. The van der Waals surface area contributed by atoms with E-state index < -0.39 is 18.1 Å². The van der Waals surface area contributed by atoms with Crippen molar-refractivity contribution in [3.63, 3.8) is 0 Å². The number of pyridine rings is 1. The summed E-state index contributed by atoms with van der Waals surface area (Å²) in [5, 5.41) is -0.156. The summed E-state index contributed by atoms with van der Waals surface area (Å²) < 4.78 is 29.7. The number of carbonyl (C=O) groups is 1. The third-order valence-corrected chi connectivity index (χ3v) is 2.53. The van der Waals surface area contributed by atoms with Crippen molar-refractivity contribution in [3.05, 3.63) is 28.0 Å². The van der Waals surface area contributed by atoms with Gasteiger partial charge in [0, 0.05) is 6.54 Å². The summed E-state index contributed by atoms with van der Waals surface area (Å²) in [6.07, 6.45) is -3.01. The lowest BCUT2D eigenvalue weighted by molar-refractivity contribution is -0.139. The summed E-state index contributed by atoms with van der Waals surface area (Å²) in [6.45, 7) is -0.00472. The number of ether oxygens (including phenoxy) is 1. The zero-order chi connectivity index (χ0) is 13.0. The van der Waals surface area contributed by atoms with Gasteiger partial charge in [0.15, 0.2) is 0 Å². The Labute approximate surface area is 102 Å². The van der Waals surface area contributed by atoms with Crippen LogP contribution in [0.1, 0.15) is 23.4 Å². The monoisotopic (exact) mass is 264 g/mol. The van der Waals surface area contributed by atoms with Crippen LogP contribution in [0, 0.1) is 0 Å². The first-order chi connectivity index (χ1) is 7.99. The third-order valence-electron chi connectivity index (χ3n) is 2.09. The number of rotatable bonds is 4. The molecule has 0 amide bonds. The molecule has 0 fully saturated rings. The van der Waals surface area contributed by atoms with Crippen LogP contribution < -0.4 is 5.73 Å². The van der Waals surface area contributed by atoms with Crippen LogP contribution >= 0.6 is 11.6 Å². The summed E-state index contributed by atoms with van der Waals surface area (Å²) in [5.41, 5.74) is 5.31. The molecule has 1 rings (SSSR count). The quantitative estimate of drug-likeness (QED) is 0.843. The van der Waals surface area contributed by atoms with Gasteiger partial charge in [-0.25, -0.2) is 13.8 Å². The van der Waals surface area contributed by atoms with E-state index >= 15 is 0 Å². The number of alkyl halides is 2. The Balaban J connectivity index is 3.15. The van der Waals surface area contributed by atoms with E-state index in [2.05, 4.69) is 9.72 Å². The number of hydrogen-bond donors (Lipinski definition) is 1. The van der Waals surface area contributed by atoms with Crippen molar-refractivity contribution in [3.8, 4) is 0 Å². The lowest BCUT2D eigenvalue weighted by Crippen LogP contribution is -2.10. The molecule has 94 valence electrons. The van der Waals surface area contributed by atoms with Crippen molar-refractivity contribution in [2.75, 3.05) is 7.11 Å². The Morgan fingerprint density at radius 2 is 2.29 bits per heavy atom. The number of esters is 1. The van der Waals surface area contributed by atoms with Crippen LogP contribution in [0.5, 0.6) is 0 Å². The Bertz CT molecular complexity index is 427. The van der Waals surface area contributed by atoms with Gasteiger partial charge in [-0.05, 0) is 11.6 Å². The maximum atomic E-state index is 12.6. The van der Waals surface area contributed by atoms with E-state index in [0.29, 0.717) is 5.56 Å². The van der Waals surface area contributed by atoms with Crippen molar-refractivity contribution >= 4 is 17.6 Å². The summed E-state index contributed by atoms with van der Waals surface area (Å²) in [7, 11) is 1.20. The van der Waals surface area contributed by atoms with Crippen molar-refractivity contribution in [2.24, 2.45) is 5.73 Å². The van der Waals surface area contributed by atoms with Gasteiger partial charge in [0.2, 0.25) is 0 Å². The number of nitrogens with zero attached hydrogens (tertiary/aromatic N) is 1. The number of hydrogen-bond acceptors (Lipinski definition) is 4. The van der Waals surface area contributed by atoms with Gasteiger partial charge < -0.3 is 10.5 Å². The zero-order valence-electron chi connectivity index (χ0n) is 9.04. The van der Waals surface area contributed by atoms with Gasteiger partial charge in [0.25, 0.3) is 6.43 Å². The van der Waals surface area contributed by atoms with Crippen LogP contribution in [0.2, 0.25) is 5.02 Å². The predicted molar refractivity (Wildman–Crippen MR) is 57.8 cm³/mol. The van der Waals surface area contributed by atoms with Gasteiger partial charge in [-0.2, -0.15) is 0 Å². The fourth-order valence-corrected chi connectivity index (χ4v) is 1.53. The molecule has 1 aromatic heterocycles. The second kappa shape index (κ2) is 5.88. The molecule has 0 unspecified atom stereocenters. The van der Waals surface area contributed by atoms with Gasteiger partial charge in [-0.15, -0.1) is 0 Å². The number of carbonyl (C=O) groups excluding carboxylic acids is 1. The van der Waals surface area contributed by atoms with Crippen LogP contribution in [-0.2, 0) is 22.5 Å². The van der Waals surface area contributed by atoms with Gasteiger partial charge in [-0.1, -0.05) is 11.6 Å². The molecule has 0 aliphatic carbocycles. The molecule has 7 heteroatoms. The average Bonchev–Trinajstić information content (AvgIpc) is 2.30. The third kappa shape index (κ3) is 3.34. The molecule has 0 radical (unpaired) electrons. The Kier molecular flexibility index (Phi) is 4.77. The summed E-state index contributed by atoms with van der Waals surface area (Å²) in [4.78, 5) is 14.7. The molecule has 0 bridgehead atoms. The molecule has 0 saturated carbocycles. The molecule has 0 aromatic carbocycles. The van der Waals surface area contributed by atoms with Gasteiger partial charge in [-0.3, -0.25) is 4.79 Å². The Morgan fingerprint density at radius 3 is 2.76 bits per heavy atom. The molecule has 0 aliphatic heterocycles. The summed E-state index contributed by atoms with van der Waals surface area (Å²) in [6, 6.07) is 1.42. The van der Waals surface area contributed by atoms with E-state index in [1.165, 1.54) is 13.2 Å². The topological polar surface area (TPSA) is 65.2 Å². The number of halogens is 3. The summed E-state index contributed by atoms with van der Waals surface area (Å²) >= 11 is 5.71. The van der Waals surface area contributed by atoms with Crippen LogP contribution in [0.4, 0.5) is 8.78 Å². The highest BCUT2D eigenvalue weighted by Crippen LogP contribution is 2.28. The molecule has 0 atom stereocenters. The largest absolute Gasteiger partial charge is 0.469 e. The maximum Gasteiger partial charge on any atom is 0.311 e. The normalized spacial score (nSPS) is 10.7. The maximum absolute atomic E-state index is 12.6. The Morgan fingerprint density at radius 1 is 1.65 bits per heavy atom. The Hall–Kier alpha value is -1.27. The molecule has 0 spiro atoms. The van der Waals surface area contributed by atoms with E-state index in [4.69, 9.17) is 17.3 Å². The van der Waals surface area contributed by atoms with E-state index in [9.17, 15) is 13.6 Å². The first-order valence-electron chi connectivity index (χ1n) is 4.72. The smallest absolute Gasteiger partial charge is 0.311 e. The van der Waals surface area contributed by atoms with E-state index in [-0.39, 0.29) is 23.7 Å². The van der Waals surface area contributed by atoms with Crippen molar-refractivity contribution in [1.29, 1.82) is 0 Å². The molecule has 1 heterocycles. The van der Waals surface area contributed by atoms with E-state index in [1.807, 2.05) is 0 Å². The average molecular weight is 265 g/mol. The highest BCUT2D eigenvalue weighted by Gasteiger charge is 2.19. The van der Waals surface area contributed by atoms with Gasteiger partial charge >= 0.3 is 5.97 Å². The van der Waals surface area contributed by atoms with E-state index in [1.54, 1.807) is 0 Å². The van der Waals surface area contributed by atoms with Crippen LogP contribution in [0.3, 0.4) is 0 Å². The molecular formula is C10H11ClF2N2O2. The number of aromatic nitrogens is 1. The van der Waals surface area contributed by atoms with Crippen molar-refractivity contribution in [2.45, 2.75) is 19.4 Å². The highest BCUT2D eigenvalue weighted by molar-refractivity contribution is 6.32. The number of nitrogens with two attached hydrogens (primary N) is 1. The zero-order valence-corrected chi connectivity index (χ0v) is 9.80. The first-order valence-corrected chi connectivity index (χ1v) is 5.10. The predicted octanol–water partition coefficient (Wildman–Crippen LogP) is 1.85. The van der Waals surface area contributed by atoms with E-state index in [0.717, 1.165) is 0 Å². The van der Waals surface area contributed by atoms with Crippen LogP contribution in [0.25, 0.3) is 0 Å². The SMILES string of the molecule is COC(=O)Cc1cc(CN)c(Cl)c(C(F)F)n1. The number of methoxy groups -OCH3 is 1. The van der Waals surface area contributed by atoms with Crippen LogP contribution in [-0.4, -0.2) is 18.1 Å². The standard InChI is InChI=1S/C10H11ClF2N2O2/c1-17-7(16)3-6-2-5(4-14)8(11)9(15-6)10(12)13/h2,10H,3-4,14H2,1H3. The second-order valence-corrected chi connectivity index (χ2v) is 3.61. The lowest BCUT2D eigenvalue weighted by atomic mass is 10.1. The second-order valence-electron chi connectivity index (χ2n) is 3.23. The lowest BCUT2D eigenvalue weighted by Gasteiger charge is -2.09. The summed E-state index contributed by atoms with van der Waals surface area (Å²) in [5.74, 6) is -0.567. The highest BCUT2D eigenvalue weighted by atomic mass is 35.5. The minimum atomic E-state index is -2.81. The van der Waals surface area contributed by atoms with Gasteiger partial charge in [0.1, 0.15) is 5.69 Å². The molecule has 17 heavy (non-hydrogen) atoms. The molecule has 0 saturated heterocycles. The minimum absolute atomic E-state index is 0.00472. The molecular weight excluding hydrogens is 254 g/mol. The molecule has 1 aromatic rings. The van der Waals surface area contributed by atoms with Crippen molar-refractivity contribution < 1.29 is 18.3 Å².